The van der Waals surface area contributed by atoms with Crippen LogP contribution in [-0.2, 0) is 0 Å². The van der Waals surface area contributed by atoms with Crippen LogP contribution in [0, 0.1) is 6.92 Å². The smallest absolute Gasteiger partial charge is 0.255 e. The zero-order valence-electron chi connectivity index (χ0n) is 9.98. The summed E-state index contributed by atoms with van der Waals surface area (Å²) in [5.74, 6) is 2.21. The largest absolute Gasteiger partial charge is 0.397 e. The van der Waals surface area contributed by atoms with E-state index in [0.717, 1.165) is 36.7 Å². The van der Waals surface area contributed by atoms with E-state index in [-0.39, 0.29) is 5.91 Å². The molecule has 1 aliphatic rings. The van der Waals surface area contributed by atoms with E-state index in [2.05, 4.69) is 4.98 Å². The molecule has 1 amide bonds. The number of nitrogen functional groups attached to an aromatic ring is 1. The Morgan fingerprint density at radius 1 is 1.47 bits per heavy atom. The summed E-state index contributed by atoms with van der Waals surface area (Å²) >= 11 is 1.91. The van der Waals surface area contributed by atoms with Gasteiger partial charge in [0.1, 0.15) is 0 Å². The fraction of sp³-hybridized carbons (Fsp3) is 0.500. The summed E-state index contributed by atoms with van der Waals surface area (Å²) in [5, 5.41) is 0. The van der Waals surface area contributed by atoms with E-state index in [4.69, 9.17) is 5.73 Å². The highest BCUT2D eigenvalue weighted by Crippen LogP contribution is 2.16. The zero-order valence-corrected chi connectivity index (χ0v) is 10.8. The molecule has 1 aromatic rings. The van der Waals surface area contributed by atoms with Crippen LogP contribution in [0.4, 0.5) is 5.69 Å². The number of hydrogen-bond donors (Lipinski definition) is 1. The fourth-order valence-electron chi connectivity index (χ4n) is 1.89. The van der Waals surface area contributed by atoms with Crippen LogP contribution in [0.15, 0.2) is 12.3 Å². The molecule has 4 nitrogen and oxygen atoms in total. The van der Waals surface area contributed by atoms with E-state index >= 15 is 0 Å². The molecule has 0 aliphatic carbocycles. The van der Waals surface area contributed by atoms with Gasteiger partial charge in [0.2, 0.25) is 0 Å². The Kier molecular flexibility index (Phi) is 3.89. The van der Waals surface area contributed by atoms with Crippen molar-refractivity contribution in [1.29, 1.82) is 0 Å². The van der Waals surface area contributed by atoms with Gasteiger partial charge in [-0.05, 0) is 25.2 Å². The molecule has 17 heavy (non-hydrogen) atoms. The second kappa shape index (κ2) is 5.40. The lowest BCUT2D eigenvalue weighted by atomic mass is 10.1. The van der Waals surface area contributed by atoms with Gasteiger partial charge in [0, 0.05) is 18.8 Å². The summed E-state index contributed by atoms with van der Waals surface area (Å²) < 4.78 is 0. The summed E-state index contributed by atoms with van der Waals surface area (Å²) in [6.07, 6.45) is 2.65. The number of carbonyl (C=O) groups excluding carboxylic acids is 1. The third kappa shape index (κ3) is 2.91. The third-order valence-electron chi connectivity index (χ3n) is 2.85. The predicted octanol–water partition coefficient (Wildman–Crippen LogP) is 1.55. The second-order valence-electron chi connectivity index (χ2n) is 4.16. The van der Waals surface area contributed by atoms with E-state index in [0.29, 0.717) is 11.3 Å². The van der Waals surface area contributed by atoms with Gasteiger partial charge >= 0.3 is 0 Å². The van der Waals surface area contributed by atoms with E-state index in [1.54, 1.807) is 12.3 Å². The number of aromatic nitrogens is 1. The first-order valence-corrected chi connectivity index (χ1v) is 6.93. The average molecular weight is 251 g/mol. The first kappa shape index (κ1) is 12.2. The number of anilines is 1. The van der Waals surface area contributed by atoms with Gasteiger partial charge in [-0.25, -0.2) is 0 Å². The number of aryl methyl sites for hydroxylation is 1. The number of amides is 1. The number of thioether (sulfide) groups is 1. The number of nitrogens with two attached hydrogens (primary N) is 1. The number of carbonyl (C=O) groups is 1. The summed E-state index contributed by atoms with van der Waals surface area (Å²) in [6, 6.07) is 1.72. The molecule has 1 saturated heterocycles. The molecule has 1 aliphatic heterocycles. The maximum absolute atomic E-state index is 12.3. The summed E-state index contributed by atoms with van der Waals surface area (Å²) in [4.78, 5) is 18.4. The van der Waals surface area contributed by atoms with Crippen LogP contribution in [0.25, 0.3) is 0 Å². The van der Waals surface area contributed by atoms with Crippen LogP contribution in [0.2, 0.25) is 0 Å². The molecule has 0 bridgehead atoms. The highest BCUT2D eigenvalue weighted by Gasteiger charge is 2.19. The molecule has 92 valence electrons. The molecular formula is C12H17N3OS. The monoisotopic (exact) mass is 251 g/mol. The molecular weight excluding hydrogens is 234 g/mol. The topological polar surface area (TPSA) is 59.2 Å². The summed E-state index contributed by atoms with van der Waals surface area (Å²) in [5.41, 5.74) is 7.62. The standard InChI is InChI=1S/C12H17N3OS/c1-9-11(7-10(13)8-14-9)12(16)15-3-2-5-17-6-4-15/h7-8H,2-6,13H2,1H3. The van der Waals surface area contributed by atoms with Gasteiger partial charge < -0.3 is 10.6 Å². The van der Waals surface area contributed by atoms with E-state index < -0.39 is 0 Å². The second-order valence-corrected chi connectivity index (χ2v) is 5.38. The molecule has 0 aromatic carbocycles. The number of rotatable bonds is 1. The number of nitrogens with zero attached hydrogens (tertiary/aromatic N) is 2. The number of pyridine rings is 1. The lowest BCUT2D eigenvalue weighted by Gasteiger charge is -2.20. The van der Waals surface area contributed by atoms with Crippen molar-refractivity contribution in [3.05, 3.63) is 23.5 Å². The van der Waals surface area contributed by atoms with Crippen LogP contribution < -0.4 is 5.73 Å². The highest BCUT2D eigenvalue weighted by molar-refractivity contribution is 7.99. The molecule has 5 heteroatoms. The van der Waals surface area contributed by atoms with Gasteiger partial charge in [-0.15, -0.1) is 0 Å². The molecule has 2 rings (SSSR count). The van der Waals surface area contributed by atoms with Crippen LogP contribution in [0.1, 0.15) is 22.5 Å². The first-order valence-electron chi connectivity index (χ1n) is 5.77. The van der Waals surface area contributed by atoms with Crippen molar-refractivity contribution in [3.8, 4) is 0 Å². The fourth-order valence-corrected chi connectivity index (χ4v) is 2.77. The van der Waals surface area contributed by atoms with Crippen LogP contribution in [-0.4, -0.2) is 40.4 Å². The van der Waals surface area contributed by atoms with E-state index in [1.807, 2.05) is 23.6 Å². The minimum atomic E-state index is 0.0600. The number of hydrogen-bond acceptors (Lipinski definition) is 4. The van der Waals surface area contributed by atoms with Crippen molar-refractivity contribution in [2.45, 2.75) is 13.3 Å². The van der Waals surface area contributed by atoms with Gasteiger partial charge in [0.05, 0.1) is 23.1 Å². The molecule has 0 unspecified atom stereocenters. The van der Waals surface area contributed by atoms with Crippen molar-refractivity contribution in [3.63, 3.8) is 0 Å². The third-order valence-corrected chi connectivity index (χ3v) is 3.90. The maximum Gasteiger partial charge on any atom is 0.255 e. The van der Waals surface area contributed by atoms with Crippen LogP contribution in [0.3, 0.4) is 0 Å². The minimum Gasteiger partial charge on any atom is -0.397 e. The van der Waals surface area contributed by atoms with E-state index in [9.17, 15) is 4.79 Å². The van der Waals surface area contributed by atoms with Gasteiger partial charge in [-0.3, -0.25) is 9.78 Å². The van der Waals surface area contributed by atoms with Crippen molar-refractivity contribution < 1.29 is 4.79 Å². The van der Waals surface area contributed by atoms with Gasteiger partial charge in [-0.1, -0.05) is 0 Å². The Morgan fingerprint density at radius 3 is 3.12 bits per heavy atom. The molecule has 2 N–H and O–H groups in total. The Balaban J connectivity index is 2.20. The molecule has 2 heterocycles. The van der Waals surface area contributed by atoms with Crippen molar-refractivity contribution in [2.75, 3.05) is 30.3 Å². The predicted molar refractivity (Wildman–Crippen MR) is 71.2 cm³/mol. The zero-order chi connectivity index (χ0) is 12.3. The maximum atomic E-state index is 12.3. The SMILES string of the molecule is Cc1ncc(N)cc1C(=O)N1CCCSCC1. The van der Waals surface area contributed by atoms with Crippen LogP contribution in [0.5, 0.6) is 0 Å². The summed E-state index contributed by atoms with van der Waals surface area (Å²) in [7, 11) is 0. The van der Waals surface area contributed by atoms with E-state index in [1.165, 1.54) is 0 Å². The van der Waals surface area contributed by atoms with Crippen molar-refractivity contribution in [2.24, 2.45) is 0 Å². The van der Waals surface area contributed by atoms with Crippen LogP contribution >= 0.6 is 11.8 Å². The average Bonchev–Trinajstić information content (AvgIpc) is 2.60. The Hall–Kier alpha value is -1.23. The molecule has 0 saturated carbocycles. The van der Waals surface area contributed by atoms with Gasteiger partial charge in [0.25, 0.3) is 5.91 Å². The Bertz CT molecular complexity index is 414. The Morgan fingerprint density at radius 2 is 2.29 bits per heavy atom. The Labute approximate surface area is 106 Å². The molecule has 0 radical (unpaired) electrons. The summed E-state index contributed by atoms with van der Waals surface area (Å²) in [6.45, 7) is 3.50. The lowest BCUT2D eigenvalue weighted by Crippen LogP contribution is -2.33. The molecule has 0 atom stereocenters. The van der Waals surface area contributed by atoms with Gasteiger partial charge in [-0.2, -0.15) is 11.8 Å². The quantitative estimate of drug-likeness (QED) is 0.822. The minimum absolute atomic E-state index is 0.0600. The molecule has 1 aromatic heterocycles. The highest BCUT2D eigenvalue weighted by atomic mass is 32.2. The van der Waals surface area contributed by atoms with Gasteiger partial charge in [0.15, 0.2) is 0 Å². The molecule has 1 fully saturated rings. The molecule has 0 spiro atoms. The lowest BCUT2D eigenvalue weighted by molar-refractivity contribution is 0.0767. The van der Waals surface area contributed by atoms with Crippen molar-refractivity contribution in [1.82, 2.24) is 9.88 Å². The normalized spacial score (nSPS) is 16.6. The van der Waals surface area contributed by atoms with Crippen molar-refractivity contribution >= 4 is 23.4 Å². The first-order chi connectivity index (χ1) is 8.18.